The second-order valence-corrected chi connectivity index (χ2v) is 4.08. The molecule has 0 fully saturated rings. The first-order chi connectivity index (χ1) is 12.0. The van der Waals surface area contributed by atoms with Gasteiger partial charge in [-0.3, -0.25) is 0 Å². The Morgan fingerprint density at radius 1 is 0.462 bits per heavy atom. The standard InChI is InChI=1S/2C6H5.2C5H5.2ClH.H2Si.Zr/c2*1-2-4-6-5-3-1;2*1-2-4-5-3-1;;;;/h2*1-5H;2*1-5H;2*1H;1H2;/q4*-1;;;;. The summed E-state index contributed by atoms with van der Waals surface area (Å²) in [7, 11) is 0. The van der Waals surface area contributed by atoms with E-state index in [1.807, 2.05) is 128 Å². The van der Waals surface area contributed by atoms with Gasteiger partial charge in [0, 0.05) is 0 Å². The summed E-state index contributed by atoms with van der Waals surface area (Å²) in [5, 5.41) is 0. The van der Waals surface area contributed by atoms with Gasteiger partial charge in [0.15, 0.2) is 0 Å². The van der Waals surface area contributed by atoms with Crippen molar-refractivity contribution < 1.29 is 23.3 Å². The maximum atomic E-state index is 2.89. The van der Waals surface area contributed by atoms with Crippen molar-refractivity contribution in [2.45, 2.75) is 0 Å². The van der Waals surface area contributed by atoms with Crippen LogP contribution in [0.5, 0.6) is 0 Å². The van der Waals surface area contributed by atoms with Crippen molar-refractivity contribution in [3.05, 3.63) is 133 Å². The van der Waals surface area contributed by atoms with Gasteiger partial charge in [0.05, 0.1) is 0 Å². The molecular weight excluding hydrogens is 454 g/mol. The van der Waals surface area contributed by atoms with E-state index in [0.29, 0.717) is 0 Å². The van der Waals surface area contributed by atoms with E-state index in [9.17, 15) is 0 Å². The van der Waals surface area contributed by atoms with Gasteiger partial charge < -0.3 is 0 Å². The second kappa shape index (κ2) is 28.6. The van der Waals surface area contributed by atoms with E-state index in [0.717, 1.165) is 0 Å². The summed E-state index contributed by atoms with van der Waals surface area (Å²) >= 11 is 1.58. The summed E-state index contributed by atoms with van der Waals surface area (Å²) in [5.41, 5.74) is 0. The maximum absolute atomic E-state index is 2.89. The van der Waals surface area contributed by atoms with Gasteiger partial charge in [-0.15, -0.1) is 24.8 Å². The molecule has 138 valence electrons. The van der Waals surface area contributed by atoms with E-state index in [2.05, 4.69) is 12.1 Å². The molecule has 0 aromatic heterocycles. The van der Waals surface area contributed by atoms with Crippen molar-refractivity contribution in [1.29, 1.82) is 0 Å². The minimum atomic E-state index is 0. The largest absolute Gasteiger partial charge is 0.214 e. The molecule has 0 amide bonds. The van der Waals surface area contributed by atoms with Crippen LogP contribution in [0, 0.1) is 12.1 Å². The fraction of sp³-hybridized carbons (Fsp3) is 0. The van der Waals surface area contributed by atoms with E-state index in [4.69, 9.17) is 0 Å². The number of rotatable bonds is 0. The third-order valence-electron chi connectivity index (χ3n) is 2.33. The summed E-state index contributed by atoms with van der Waals surface area (Å²) in [6, 6.07) is 45.0. The summed E-state index contributed by atoms with van der Waals surface area (Å²) < 4.78 is 0. The van der Waals surface area contributed by atoms with E-state index in [-0.39, 0.29) is 24.8 Å². The zero-order chi connectivity index (χ0) is 17.6. The van der Waals surface area contributed by atoms with Gasteiger partial charge in [0.1, 0.15) is 0 Å². The normalized spacial score (nSPS) is 6.88. The molecule has 26 heavy (non-hydrogen) atoms. The molecule has 0 aliphatic rings. The summed E-state index contributed by atoms with van der Waals surface area (Å²) in [6.07, 6.45) is 0. The molecule has 0 atom stereocenters. The van der Waals surface area contributed by atoms with E-state index >= 15 is 0 Å². The molecule has 4 rings (SSSR count). The van der Waals surface area contributed by atoms with E-state index in [1.54, 1.807) is 23.3 Å². The molecule has 4 aromatic carbocycles. The smallest absolute Gasteiger partial charge is 0.171 e. The van der Waals surface area contributed by atoms with Gasteiger partial charge in [0.2, 0.25) is 0 Å². The Hall–Kier alpha value is -1.18. The molecule has 0 radical (unpaired) electrons. The third-order valence-corrected chi connectivity index (χ3v) is 2.33. The molecule has 0 heterocycles. The Morgan fingerprint density at radius 3 is 0.808 bits per heavy atom. The Bertz CT molecular complexity index is 466. The molecule has 0 unspecified atom stereocenters. The van der Waals surface area contributed by atoms with Crippen LogP contribution in [0.3, 0.4) is 0 Å². The van der Waals surface area contributed by atoms with Gasteiger partial charge in [0.25, 0.3) is 0 Å². The van der Waals surface area contributed by atoms with Crippen molar-refractivity contribution in [1.82, 2.24) is 0 Å². The molecule has 4 aromatic rings. The molecule has 0 saturated heterocycles. The first kappa shape index (κ1) is 29.6. The second-order valence-electron chi connectivity index (χ2n) is 4.08. The van der Waals surface area contributed by atoms with Crippen LogP contribution in [-0.4, -0.2) is 6.88 Å². The van der Waals surface area contributed by atoms with Crippen LogP contribution in [0.4, 0.5) is 0 Å². The van der Waals surface area contributed by atoms with Crippen LogP contribution in [0.15, 0.2) is 121 Å². The average molecular weight is 479 g/mol. The monoisotopic (exact) mass is 476 g/mol. The number of benzene rings is 2. The Balaban J connectivity index is -0.000000257. The number of hydrogen-bond donors (Lipinski definition) is 0. The quantitative estimate of drug-likeness (QED) is 0.224. The average Bonchev–Trinajstić information content (AvgIpc) is 3.45. The van der Waals surface area contributed by atoms with Crippen LogP contribution in [0.1, 0.15) is 0 Å². The van der Waals surface area contributed by atoms with Crippen LogP contribution >= 0.6 is 24.8 Å². The van der Waals surface area contributed by atoms with E-state index < -0.39 is 0 Å². The molecule has 0 spiro atoms. The fourth-order valence-corrected chi connectivity index (χ4v) is 1.33. The van der Waals surface area contributed by atoms with Crippen molar-refractivity contribution in [3.8, 4) is 0 Å². The SMILES string of the molecule is Cl.Cl.[SiH2]=[Zr].[c-]1ccccc1.[c-]1ccccc1.c1cc[cH-]c1.c1cc[cH-]c1. The topological polar surface area (TPSA) is 0 Å². The molecule has 0 N–H and O–H groups in total. The minimum absolute atomic E-state index is 0. The van der Waals surface area contributed by atoms with Gasteiger partial charge in [-0.2, -0.15) is 109 Å². The molecule has 0 aliphatic carbocycles. The Morgan fingerprint density at radius 2 is 0.731 bits per heavy atom. The van der Waals surface area contributed by atoms with Crippen LogP contribution in [-0.2, 0) is 23.3 Å². The number of hydrogen-bond acceptors (Lipinski definition) is 0. The molecule has 0 bridgehead atoms. The molecule has 4 heteroatoms. The first-order valence-corrected chi connectivity index (χ1v) is 13.4. The van der Waals surface area contributed by atoms with Gasteiger partial charge in [-0.1, -0.05) is 0 Å². The van der Waals surface area contributed by atoms with Crippen molar-refractivity contribution in [3.63, 3.8) is 0 Å². The Kier molecular flexibility index (Phi) is 32.6. The zero-order valence-corrected chi connectivity index (χ0v) is 20.1. The van der Waals surface area contributed by atoms with Crippen molar-refractivity contribution >= 4 is 31.7 Å². The van der Waals surface area contributed by atoms with Gasteiger partial charge in [-0.25, -0.2) is 24.3 Å². The summed E-state index contributed by atoms with van der Waals surface area (Å²) in [4.78, 5) is 0. The first-order valence-electron chi connectivity index (χ1n) is 7.51. The predicted molar refractivity (Wildman–Crippen MR) is 118 cm³/mol. The van der Waals surface area contributed by atoms with Gasteiger partial charge >= 0.3 is 30.2 Å². The van der Waals surface area contributed by atoms with Gasteiger partial charge in [-0.05, 0) is 0 Å². The molecule has 0 nitrogen and oxygen atoms in total. The summed E-state index contributed by atoms with van der Waals surface area (Å²) in [6.45, 7) is 1.95. The zero-order valence-electron chi connectivity index (χ0n) is 14.6. The third kappa shape index (κ3) is 25.1. The molecular formula is C22H24Cl2SiZr-4. The van der Waals surface area contributed by atoms with Crippen LogP contribution < -0.4 is 0 Å². The molecule has 0 saturated carbocycles. The Labute approximate surface area is 187 Å². The van der Waals surface area contributed by atoms with Crippen molar-refractivity contribution in [2.24, 2.45) is 0 Å². The van der Waals surface area contributed by atoms with Crippen LogP contribution in [0.25, 0.3) is 0 Å². The fourth-order valence-electron chi connectivity index (χ4n) is 1.33. The van der Waals surface area contributed by atoms with Crippen LogP contribution in [0.2, 0.25) is 0 Å². The van der Waals surface area contributed by atoms with Crippen molar-refractivity contribution in [2.75, 3.05) is 0 Å². The summed E-state index contributed by atoms with van der Waals surface area (Å²) in [5.74, 6) is 0. The van der Waals surface area contributed by atoms with E-state index in [1.165, 1.54) is 0 Å². The maximum Gasteiger partial charge on any atom is -0.171 e. The minimum Gasteiger partial charge on any atom is -0.214 e. The predicted octanol–water partition coefficient (Wildman–Crippen LogP) is 5.71. The molecule has 0 aliphatic heterocycles. The number of halogens is 2.